The molecule has 168 valence electrons. The number of likely N-dealkylation sites (tertiary alicyclic amines) is 1. The molecule has 1 fully saturated rings. The zero-order chi connectivity index (χ0) is 22.3. The van der Waals surface area contributed by atoms with Gasteiger partial charge in [0.2, 0.25) is 0 Å². The Balaban J connectivity index is 1.33. The van der Waals surface area contributed by atoms with Crippen LogP contribution in [0.1, 0.15) is 36.9 Å². The predicted molar refractivity (Wildman–Crippen MR) is 127 cm³/mol. The van der Waals surface area contributed by atoms with Crippen LogP contribution in [-0.4, -0.2) is 40.4 Å². The van der Waals surface area contributed by atoms with Crippen molar-refractivity contribution in [3.8, 4) is 5.75 Å². The molecule has 0 bridgehead atoms. The molecule has 1 aliphatic heterocycles. The number of carbonyl (C=O) groups is 1. The number of ether oxygens (including phenoxy) is 1. The van der Waals surface area contributed by atoms with Crippen molar-refractivity contribution >= 4 is 17.5 Å². The molecule has 2 amide bonds. The number of amides is 2. The van der Waals surface area contributed by atoms with Crippen LogP contribution in [0.25, 0.3) is 0 Å². The van der Waals surface area contributed by atoms with Crippen molar-refractivity contribution in [3.63, 3.8) is 0 Å². The van der Waals surface area contributed by atoms with Crippen molar-refractivity contribution in [1.82, 2.24) is 14.7 Å². The molecule has 3 aromatic rings. The molecule has 2 N–H and O–H groups in total. The topological polar surface area (TPSA) is 71.4 Å². The van der Waals surface area contributed by atoms with E-state index in [2.05, 4.69) is 32.8 Å². The summed E-state index contributed by atoms with van der Waals surface area (Å²) in [6.07, 6.45) is 3.70. The van der Waals surface area contributed by atoms with Crippen LogP contribution in [0.3, 0.4) is 0 Å². The quantitative estimate of drug-likeness (QED) is 0.546. The summed E-state index contributed by atoms with van der Waals surface area (Å²) in [6.45, 7) is 7.48. The van der Waals surface area contributed by atoms with Gasteiger partial charge in [-0.05, 0) is 44.4 Å². The first-order valence-corrected chi connectivity index (χ1v) is 11.2. The van der Waals surface area contributed by atoms with Crippen molar-refractivity contribution in [2.75, 3.05) is 30.3 Å². The predicted octanol–water partition coefficient (Wildman–Crippen LogP) is 5.07. The standard InChI is InChI=1S/C25H31N5O2/c1-3-32-23-11-7-5-9-20(23)18-29-16-13-21(14-17-29)30-24(12-15-26-30)28-25(31)27-22-10-6-4-8-19(22)2/h4-12,15,21H,3,13-14,16-18H2,1-2H3,(H2,27,28,31). The number of nitrogens with one attached hydrogen (secondary N) is 2. The molecule has 1 aromatic heterocycles. The van der Waals surface area contributed by atoms with Crippen molar-refractivity contribution < 1.29 is 9.53 Å². The van der Waals surface area contributed by atoms with Gasteiger partial charge in [-0.15, -0.1) is 0 Å². The van der Waals surface area contributed by atoms with E-state index in [4.69, 9.17) is 4.74 Å². The Bertz CT molecular complexity index is 1040. The van der Waals surface area contributed by atoms with Gasteiger partial charge in [0, 0.05) is 37.0 Å². The van der Waals surface area contributed by atoms with Crippen molar-refractivity contribution in [1.29, 1.82) is 0 Å². The molecule has 0 spiro atoms. The molecule has 0 atom stereocenters. The second-order valence-electron chi connectivity index (χ2n) is 8.10. The van der Waals surface area contributed by atoms with Crippen LogP contribution >= 0.6 is 0 Å². The first kappa shape index (κ1) is 21.9. The van der Waals surface area contributed by atoms with Gasteiger partial charge in [0.25, 0.3) is 0 Å². The van der Waals surface area contributed by atoms with E-state index in [0.29, 0.717) is 6.61 Å². The average molecular weight is 434 g/mol. The first-order valence-electron chi connectivity index (χ1n) is 11.2. The normalized spacial score (nSPS) is 14.8. The fourth-order valence-corrected chi connectivity index (χ4v) is 4.18. The van der Waals surface area contributed by atoms with Gasteiger partial charge in [-0.1, -0.05) is 36.4 Å². The summed E-state index contributed by atoms with van der Waals surface area (Å²) in [6, 6.07) is 17.8. The molecule has 7 heteroatoms. The number of hydrogen-bond donors (Lipinski definition) is 2. The molecule has 2 aromatic carbocycles. The third-order valence-corrected chi connectivity index (χ3v) is 5.87. The Morgan fingerprint density at radius 1 is 1.06 bits per heavy atom. The van der Waals surface area contributed by atoms with Gasteiger partial charge < -0.3 is 10.1 Å². The highest BCUT2D eigenvalue weighted by Gasteiger charge is 2.24. The minimum absolute atomic E-state index is 0.258. The van der Waals surface area contributed by atoms with Gasteiger partial charge in [0.1, 0.15) is 11.6 Å². The summed E-state index contributed by atoms with van der Waals surface area (Å²) in [7, 11) is 0. The molecule has 0 unspecified atom stereocenters. The minimum Gasteiger partial charge on any atom is -0.494 e. The lowest BCUT2D eigenvalue weighted by atomic mass is 10.0. The highest BCUT2D eigenvalue weighted by molar-refractivity contribution is 5.99. The summed E-state index contributed by atoms with van der Waals surface area (Å²) >= 11 is 0. The maximum atomic E-state index is 12.5. The summed E-state index contributed by atoms with van der Waals surface area (Å²) in [5.41, 5.74) is 3.05. The van der Waals surface area contributed by atoms with Gasteiger partial charge >= 0.3 is 6.03 Å². The number of urea groups is 1. The number of carbonyl (C=O) groups excluding carboxylic acids is 1. The summed E-state index contributed by atoms with van der Waals surface area (Å²) in [5.74, 6) is 1.69. The largest absolute Gasteiger partial charge is 0.494 e. The zero-order valence-electron chi connectivity index (χ0n) is 18.8. The number of benzene rings is 2. The second kappa shape index (κ2) is 10.3. The Morgan fingerprint density at radius 2 is 1.81 bits per heavy atom. The molecule has 2 heterocycles. The lowest BCUT2D eigenvalue weighted by Gasteiger charge is -2.33. The number of anilines is 2. The maximum Gasteiger partial charge on any atom is 0.324 e. The lowest BCUT2D eigenvalue weighted by molar-refractivity contribution is 0.172. The van der Waals surface area contributed by atoms with Crippen molar-refractivity contribution in [3.05, 3.63) is 71.9 Å². The molecular weight excluding hydrogens is 402 g/mol. The van der Waals surface area contributed by atoms with E-state index in [1.807, 2.05) is 61.0 Å². The van der Waals surface area contributed by atoms with Crippen LogP contribution in [0.2, 0.25) is 0 Å². The number of piperidine rings is 1. The van der Waals surface area contributed by atoms with Gasteiger partial charge in [0.05, 0.1) is 18.8 Å². The number of para-hydroxylation sites is 2. The van der Waals surface area contributed by atoms with E-state index >= 15 is 0 Å². The van der Waals surface area contributed by atoms with Crippen LogP contribution in [0, 0.1) is 6.92 Å². The zero-order valence-corrected chi connectivity index (χ0v) is 18.8. The van der Waals surface area contributed by atoms with Crippen molar-refractivity contribution in [2.45, 2.75) is 39.3 Å². The monoisotopic (exact) mass is 433 g/mol. The van der Waals surface area contributed by atoms with E-state index in [1.54, 1.807) is 6.20 Å². The first-order chi connectivity index (χ1) is 15.6. The van der Waals surface area contributed by atoms with E-state index in [9.17, 15) is 4.79 Å². The molecule has 0 aliphatic carbocycles. The Hall–Kier alpha value is -3.32. The summed E-state index contributed by atoms with van der Waals surface area (Å²) in [5, 5.41) is 10.4. The van der Waals surface area contributed by atoms with Crippen LogP contribution in [0.5, 0.6) is 5.75 Å². The third-order valence-electron chi connectivity index (χ3n) is 5.87. The fraction of sp³-hybridized carbons (Fsp3) is 0.360. The number of aromatic nitrogens is 2. The molecule has 0 saturated carbocycles. The Labute approximate surface area is 189 Å². The minimum atomic E-state index is -0.258. The van der Waals surface area contributed by atoms with E-state index < -0.39 is 0 Å². The molecule has 7 nitrogen and oxygen atoms in total. The summed E-state index contributed by atoms with van der Waals surface area (Å²) in [4.78, 5) is 15.0. The molecule has 1 saturated heterocycles. The highest BCUT2D eigenvalue weighted by atomic mass is 16.5. The van der Waals surface area contributed by atoms with Gasteiger partial charge in [-0.2, -0.15) is 5.10 Å². The number of rotatable bonds is 7. The Morgan fingerprint density at radius 3 is 2.59 bits per heavy atom. The highest BCUT2D eigenvalue weighted by Crippen LogP contribution is 2.28. The van der Waals surface area contributed by atoms with E-state index in [1.165, 1.54) is 5.56 Å². The van der Waals surface area contributed by atoms with Crippen LogP contribution in [0.15, 0.2) is 60.8 Å². The molecular formula is C25H31N5O2. The van der Waals surface area contributed by atoms with Crippen molar-refractivity contribution in [2.24, 2.45) is 0 Å². The van der Waals surface area contributed by atoms with Gasteiger partial charge in [-0.3, -0.25) is 10.2 Å². The number of nitrogens with zero attached hydrogens (tertiary/aromatic N) is 3. The molecule has 32 heavy (non-hydrogen) atoms. The van der Waals surface area contributed by atoms with E-state index in [-0.39, 0.29) is 12.1 Å². The molecule has 1 aliphatic rings. The van der Waals surface area contributed by atoms with Crippen LogP contribution in [0.4, 0.5) is 16.3 Å². The average Bonchev–Trinajstić information content (AvgIpc) is 3.25. The molecule has 0 radical (unpaired) electrons. The number of aryl methyl sites for hydroxylation is 1. The van der Waals surface area contributed by atoms with Gasteiger partial charge in [0.15, 0.2) is 0 Å². The number of hydrogen-bond acceptors (Lipinski definition) is 4. The van der Waals surface area contributed by atoms with Gasteiger partial charge in [-0.25, -0.2) is 9.48 Å². The smallest absolute Gasteiger partial charge is 0.324 e. The third kappa shape index (κ3) is 5.29. The fourth-order valence-electron chi connectivity index (χ4n) is 4.18. The second-order valence-corrected chi connectivity index (χ2v) is 8.10. The summed E-state index contributed by atoms with van der Waals surface area (Å²) < 4.78 is 7.72. The van der Waals surface area contributed by atoms with Crippen LogP contribution < -0.4 is 15.4 Å². The molecule has 4 rings (SSSR count). The van der Waals surface area contributed by atoms with E-state index in [0.717, 1.165) is 55.3 Å². The Kier molecular flexibility index (Phi) is 7.07. The SMILES string of the molecule is CCOc1ccccc1CN1CCC(n2nccc2NC(=O)Nc2ccccc2C)CC1. The maximum absolute atomic E-state index is 12.5. The van der Waals surface area contributed by atoms with Crippen LogP contribution in [-0.2, 0) is 6.54 Å². The lowest BCUT2D eigenvalue weighted by Crippen LogP contribution is -2.35.